The zero-order chi connectivity index (χ0) is 18.3. The van der Waals surface area contributed by atoms with Gasteiger partial charge < -0.3 is 5.32 Å². The molecule has 0 unspecified atom stereocenters. The van der Waals surface area contributed by atoms with Crippen molar-refractivity contribution in [3.8, 4) is 11.1 Å². The van der Waals surface area contributed by atoms with E-state index < -0.39 is 0 Å². The Balaban J connectivity index is 1.86. The lowest BCUT2D eigenvalue weighted by atomic mass is 10.0. The van der Waals surface area contributed by atoms with Crippen LogP contribution in [-0.2, 0) is 0 Å². The first kappa shape index (κ1) is 16.7. The van der Waals surface area contributed by atoms with Crippen LogP contribution in [0.25, 0.3) is 21.3 Å². The molecule has 0 aliphatic rings. The van der Waals surface area contributed by atoms with Crippen molar-refractivity contribution in [3.63, 3.8) is 0 Å². The van der Waals surface area contributed by atoms with Crippen molar-refractivity contribution >= 4 is 33.1 Å². The van der Waals surface area contributed by atoms with Gasteiger partial charge in [-0.1, -0.05) is 47.5 Å². The van der Waals surface area contributed by atoms with Gasteiger partial charge in [0.1, 0.15) is 17.0 Å². The Labute approximate surface area is 157 Å². The van der Waals surface area contributed by atoms with E-state index in [9.17, 15) is 0 Å². The molecule has 3 nitrogen and oxygen atoms in total. The number of aromatic nitrogens is 2. The topological polar surface area (TPSA) is 37.8 Å². The quantitative estimate of drug-likeness (QED) is 0.464. The molecule has 0 spiro atoms. The minimum atomic E-state index is 0.863. The Morgan fingerprint density at radius 1 is 0.846 bits per heavy atom. The van der Waals surface area contributed by atoms with Crippen molar-refractivity contribution < 1.29 is 0 Å². The third-order valence-corrected chi connectivity index (χ3v) is 5.54. The third-order valence-electron chi connectivity index (χ3n) is 4.65. The van der Waals surface area contributed by atoms with E-state index >= 15 is 0 Å². The van der Waals surface area contributed by atoms with Crippen LogP contribution in [0.15, 0.2) is 48.1 Å². The van der Waals surface area contributed by atoms with Crippen molar-refractivity contribution in [2.75, 3.05) is 5.32 Å². The first-order valence-corrected chi connectivity index (χ1v) is 9.55. The Bertz CT molecular complexity index is 1070. The highest BCUT2D eigenvalue weighted by Crippen LogP contribution is 2.38. The standard InChI is InChI=1S/C22H21N3S/c1-13-5-7-17(8-6-13)18-11-26-22-19(18)21(23-12-24-22)25-20-15(3)9-14(2)10-16(20)4/h5-12H,1-4H3,(H,23,24,25). The number of nitrogens with zero attached hydrogens (tertiary/aromatic N) is 2. The molecule has 0 bridgehead atoms. The Hall–Kier alpha value is -2.72. The van der Waals surface area contributed by atoms with Crippen molar-refractivity contribution in [1.29, 1.82) is 0 Å². The second-order valence-electron chi connectivity index (χ2n) is 6.82. The molecule has 0 radical (unpaired) electrons. The third kappa shape index (κ3) is 2.97. The average molecular weight is 359 g/mol. The summed E-state index contributed by atoms with van der Waals surface area (Å²) in [4.78, 5) is 10.0. The molecule has 0 aliphatic carbocycles. The van der Waals surface area contributed by atoms with E-state index in [1.165, 1.54) is 33.4 Å². The summed E-state index contributed by atoms with van der Waals surface area (Å²) in [6.45, 7) is 8.50. The van der Waals surface area contributed by atoms with Gasteiger partial charge in [0.15, 0.2) is 0 Å². The van der Waals surface area contributed by atoms with E-state index in [1.807, 2.05) is 0 Å². The number of thiophene rings is 1. The van der Waals surface area contributed by atoms with Crippen molar-refractivity contribution in [1.82, 2.24) is 9.97 Å². The molecule has 130 valence electrons. The Morgan fingerprint density at radius 3 is 2.23 bits per heavy atom. The molecule has 0 saturated heterocycles. The van der Waals surface area contributed by atoms with E-state index in [-0.39, 0.29) is 0 Å². The highest BCUT2D eigenvalue weighted by molar-refractivity contribution is 7.17. The summed E-state index contributed by atoms with van der Waals surface area (Å²) in [6, 6.07) is 13.0. The molecule has 0 atom stereocenters. The lowest BCUT2D eigenvalue weighted by molar-refractivity contribution is 1.22. The lowest BCUT2D eigenvalue weighted by Crippen LogP contribution is -2.00. The summed E-state index contributed by atoms with van der Waals surface area (Å²) in [5.41, 5.74) is 8.47. The van der Waals surface area contributed by atoms with Gasteiger partial charge in [-0.15, -0.1) is 11.3 Å². The number of anilines is 2. The maximum Gasteiger partial charge on any atom is 0.143 e. The largest absolute Gasteiger partial charge is 0.339 e. The number of benzene rings is 2. The Kier molecular flexibility index (Phi) is 4.21. The van der Waals surface area contributed by atoms with Gasteiger partial charge in [-0.05, 0) is 44.4 Å². The van der Waals surface area contributed by atoms with Crippen molar-refractivity contribution in [3.05, 3.63) is 70.4 Å². The minimum Gasteiger partial charge on any atom is -0.339 e. The molecule has 4 rings (SSSR count). The lowest BCUT2D eigenvalue weighted by Gasteiger charge is -2.14. The van der Waals surface area contributed by atoms with Crippen LogP contribution in [0.5, 0.6) is 0 Å². The smallest absolute Gasteiger partial charge is 0.143 e. The van der Waals surface area contributed by atoms with Gasteiger partial charge in [0, 0.05) is 16.6 Å². The molecule has 1 N–H and O–H groups in total. The molecular formula is C22H21N3S. The summed E-state index contributed by atoms with van der Waals surface area (Å²) in [5, 5.41) is 6.83. The fourth-order valence-electron chi connectivity index (χ4n) is 3.41. The molecule has 2 heterocycles. The fourth-order valence-corrected chi connectivity index (χ4v) is 4.33. The van der Waals surface area contributed by atoms with Gasteiger partial charge in [0.2, 0.25) is 0 Å². The summed E-state index contributed by atoms with van der Waals surface area (Å²) >= 11 is 1.66. The van der Waals surface area contributed by atoms with E-state index in [0.29, 0.717) is 0 Å². The predicted molar refractivity (Wildman–Crippen MR) is 112 cm³/mol. The van der Waals surface area contributed by atoms with Crippen LogP contribution >= 0.6 is 11.3 Å². The normalized spacial score (nSPS) is 11.1. The van der Waals surface area contributed by atoms with Gasteiger partial charge >= 0.3 is 0 Å². The van der Waals surface area contributed by atoms with Crippen LogP contribution in [0, 0.1) is 27.7 Å². The summed E-state index contributed by atoms with van der Waals surface area (Å²) in [6.07, 6.45) is 1.64. The molecule has 0 saturated carbocycles. The first-order chi connectivity index (χ1) is 12.5. The molecule has 2 aromatic carbocycles. The van der Waals surface area contributed by atoms with E-state index in [4.69, 9.17) is 0 Å². The molecule has 0 amide bonds. The van der Waals surface area contributed by atoms with E-state index in [0.717, 1.165) is 21.7 Å². The van der Waals surface area contributed by atoms with Gasteiger partial charge in [-0.25, -0.2) is 9.97 Å². The van der Waals surface area contributed by atoms with Gasteiger partial charge in [-0.2, -0.15) is 0 Å². The highest BCUT2D eigenvalue weighted by Gasteiger charge is 2.14. The fraction of sp³-hybridized carbons (Fsp3) is 0.182. The van der Waals surface area contributed by atoms with E-state index in [1.54, 1.807) is 17.7 Å². The molecule has 2 aromatic heterocycles. The molecule has 0 aliphatic heterocycles. The number of hydrogen-bond acceptors (Lipinski definition) is 4. The summed E-state index contributed by atoms with van der Waals surface area (Å²) in [7, 11) is 0. The van der Waals surface area contributed by atoms with Crippen LogP contribution < -0.4 is 5.32 Å². The Morgan fingerprint density at radius 2 is 1.54 bits per heavy atom. The van der Waals surface area contributed by atoms with Gasteiger partial charge in [0.05, 0.1) is 5.39 Å². The van der Waals surface area contributed by atoms with Crippen molar-refractivity contribution in [2.45, 2.75) is 27.7 Å². The number of nitrogens with one attached hydrogen (secondary N) is 1. The first-order valence-electron chi connectivity index (χ1n) is 8.67. The molecule has 0 fully saturated rings. The maximum atomic E-state index is 4.57. The van der Waals surface area contributed by atoms with E-state index in [2.05, 4.69) is 84.8 Å². The number of rotatable bonds is 3. The summed E-state index contributed by atoms with van der Waals surface area (Å²) in [5.74, 6) is 0.863. The zero-order valence-electron chi connectivity index (χ0n) is 15.4. The zero-order valence-corrected chi connectivity index (χ0v) is 16.2. The summed E-state index contributed by atoms with van der Waals surface area (Å²) < 4.78 is 0. The maximum absolute atomic E-state index is 4.57. The van der Waals surface area contributed by atoms with Crippen LogP contribution in [0.1, 0.15) is 22.3 Å². The predicted octanol–water partition coefficient (Wildman–Crippen LogP) is 6.34. The average Bonchev–Trinajstić information content (AvgIpc) is 3.03. The SMILES string of the molecule is Cc1ccc(-c2csc3ncnc(Nc4c(C)cc(C)cc4C)c23)cc1. The molecular weight excluding hydrogens is 338 g/mol. The molecule has 26 heavy (non-hydrogen) atoms. The second-order valence-corrected chi connectivity index (χ2v) is 7.67. The monoisotopic (exact) mass is 359 g/mol. The molecule has 4 heteroatoms. The number of fused-ring (bicyclic) bond motifs is 1. The molecule has 4 aromatic rings. The van der Waals surface area contributed by atoms with Gasteiger partial charge in [0.25, 0.3) is 0 Å². The second kappa shape index (κ2) is 6.54. The number of aryl methyl sites for hydroxylation is 4. The van der Waals surface area contributed by atoms with Crippen LogP contribution in [0.3, 0.4) is 0 Å². The van der Waals surface area contributed by atoms with Crippen LogP contribution in [0.2, 0.25) is 0 Å². The van der Waals surface area contributed by atoms with Crippen molar-refractivity contribution in [2.24, 2.45) is 0 Å². The number of hydrogen-bond donors (Lipinski definition) is 1. The highest BCUT2D eigenvalue weighted by atomic mass is 32.1. The van der Waals surface area contributed by atoms with Gasteiger partial charge in [-0.3, -0.25) is 0 Å². The minimum absolute atomic E-state index is 0.863. The van der Waals surface area contributed by atoms with Crippen LogP contribution in [-0.4, -0.2) is 9.97 Å². The van der Waals surface area contributed by atoms with Crippen LogP contribution in [0.4, 0.5) is 11.5 Å².